The van der Waals surface area contributed by atoms with Crippen LogP contribution >= 0.6 is 11.6 Å². The number of carboxylic acid groups (broad SMARTS) is 1. The van der Waals surface area contributed by atoms with Crippen molar-refractivity contribution in [2.24, 2.45) is 7.05 Å². The minimum Gasteiger partial charge on any atom is -0.480 e. The number of halogens is 1. The Labute approximate surface area is 98.6 Å². The second kappa shape index (κ2) is 4.43. The lowest BCUT2D eigenvalue weighted by Gasteiger charge is -2.20. The molecule has 88 valence electrons. The quantitative estimate of drug-likeness (QED) is 0.865. The van der Waals surface area contributed by atoms with E-state index in [-0.39, 0.29) is 6.04 Å². The van der Waals surface area contributed by atoms with E-state index in [9.17, 15) is 4.79 Å². The predicted molar refractivity (Wildman–Crippen MR) is 59.3 cm³/mol. The van der Waals surface area contributed by atoms with Gasteiger partial charge in [0.15, 0.2) is 0 Å². The zero-order valence-corrected chi connectivity index (χ0v) is 9.81. The van der Waals surface area contributed by atoms with Gasteiger partial charge < -0.3 is 9.67 Å². The molecule has 1 aliphatic rings. The summed E-state index contributed by atoms with van der Waals surface area (Å²) in [5, 5.41) is 9.61. The molecule has 2 rings (SSSR count). The Kier molecular flexibility index (Phi) is 3.16. The molecule has 5 nitrogen and oxygen atoms in total. The molecule has 1 aliphatic heterocycles. The van der Waals surface area contributed by atoms with Crippen LogP contribution in [0.4, 0.5) is 0 Å². The van der Waals surface area contributed by atoms with Crippen LogP contribution in [0.2, 0.25) is 5.15 Å². The molecular weight excluding hydrogens is 230 g/mol. The van der Waals surface area contributed by atoms with E-state index in [1.807, 2.05) is 11.9 Å². The van der Waals surface area contributed by atoms with Crippen LogP contribution in [0, 0.1) is 0 Å². The van der Waals surface area contributed by atoms with Gasteiger partial charge in [-0.25, -0.2) is 4.98 Å². The minimum absolute atomic E-state index is 0.379. The summed E-state index contributed by atoms with van der Waals surface area (Å²) in [7, 11) is 1.83. The van der Waals surface area contributed by atoms with Crippen molar-refractivity contribution in [3.05, 3.63) is 17.2 Å². The fourth-order valence-corrected chi connectivity index (χ4v) is 2.19. The van der Waals surface area contributed by atoms with Crippen LogP contribution in [0.5, 0.6) is 0 Å². The second-order valence-electron chi connectivity index (χ2n) is 4.02. The van der Waals surface area contributed by atoms with Crippen LogP contribution in [-0.4, -0.2) is 38.1 Å². The van der Waals surface area contributed by atoms with Crippen LogP contribution in [0.25, 0.3) is 0 Å². The summed E-state index contributed by atoms with van der Waals surface area (Å²) in [5.41, 5.74) is 0. The van der Waals surface area contributed by atoms with Crippen molar-refractivity contribution < 1.29 is 9.90 Å². The lowest BCUT2D eigenvalue weighted by molar-refractivity contribution is -0.142. The lowest BCUT2D eigenvalue weighted by Crippen LogP contribution is -2.36. The molecule has 0 amide bonds. The number of hydrogen-bond donors (Lipinski definition) is 1. The molecule has 1 atom stereocenters. The third-order valence-corrected chi connectivity index (χ3v) is 3.37. The molecule has 1 saturated heterocycles. The van der Waals surface area contributed by atoms with E-state index in [4.69, 9.17) is 16.7 Å². The third-order valence-electron chi connectivity index (χ3n) is 3.02. The van der Waals surface area contributed by atoms with Gasteiger partial charge >= 0.3 is 5.97 Å². The first-order valence-corrected chi connectivity index (χ1v) is 5.60. The largest absolute Gasteiger partial charge is 0.480 e. The molecule has 0 saturated carbocycles. The summed E-state index contributed by atoms with van der Waals surface area (Å²) >= 11 is 5.88. The first kappa shape index (κ1) is 11.4. The maximum atomic E-state index is 11.0. The Morgan fingerprint density at radius 2 is 2.50 bits per heavy atom. The van der Waals surface area contributed by atoms with Gasteiger partial charge in [0.2, 0.25) is 0 Å². The number of carboxylic acids is 1. The topological polar surface area (TPSA) is 58.4 Å². The molecule has 1 fully saturated rings. The van der Waals surface area contributed by atoms with Gasteiger partial charge in [0.25, 0.3) is 0 Å². The zero-order chi connectivity index (χ0) is 11.7. The van der Waals surface area contributed by atoms with E-state index < -0.39 is 5.97 Å². The highest BCUT2D eigenvalue weighted by Gasteiger charge is 2.31. The smallest absolute Gasteiger partial charge is 0.320 e. The molecule has 1 aromatic rings. The predicted octanol–water partition coefficient (Wildman–Crippen LogP) is 1.12. The first-order chi connectivity index (χ1) is 7.59. The van der Waals surface area contributed by atoms with Crippen molar-refractivity contribution in [1.29, 1.82) is 0 Å². The summed E-state index contributed by atoms with van der Waals surface area (Å²) in [6.07, 6.45) is 3.23. The molecule has 0 bridgehead atoms. The Balaban J connectivity index is 2.09. The molecule has 1 N–H and O–H groups in total. The first-order valence-electron chi connectivity index (χ1n) is 5.22. The molecule has 1 aromatic heterocycles. The standard InChI is InChI=1S/C10H14ClN3O2/c1-13-8(11)5-12-9(13)6-14-4-2-3-7(14)10(15)16/h5,7H,2-4,6H2,1H3,(H,15,16). The number of aromatic nitrogens is 2. The molecule has 0 spiro atoms. The fourth-order valence-electron chi connectivity index (χ4n) is 2.05. The van der Waals surface area contributed by atoms with Gasteiger partial charge in [0.05, 0.1) is 12.7 Å². The highest BCUT2D eigenvalue weighted by atomic mass is 35.5. The fraction of sp³-hybridized carbons (Fsp3) is 0.600. The van der Waals surface area contributed by atoms with Crippen LogP contribution in [0.3, 0.4) is 0 Å². The van der Waals surface area contributed by atoms with E-state index in [0.717, 1.165) is 18.8 Å². The van der Waals surface area contributed by atoms with Gasteiger partial charge in [-0.15, -0.1) is 0 Å². The minimum atomic E-state index is -0.752. The van der Waals surface area contributed by atoms with Crippen LogP contribution in [0.15, 0.2) is 6.20 Å². The van der Waals surface area contributed by atoms with E-state index in [1.165, 1.54) is 0 Å². The van der Waals surface area contributed by atoms with Crippen molar-refractivity contribution in [2.45, 2.75) is 25.4 Å². The summed E-state index contributed by atoms with van der Waals surface area (Å²) in [5.74, 6) is 0.0518. The highest BCUT2D eigenvalue weighted by molar-refractivity contribution is 6.29. The summed E-state index contributed by atoms with van der Waals surface area (Å²) in [6, 6.07) is -0.379. The second-order valence-corrected chi connectivity index (χ2v) is 4.41. The molecular formula is C10H14ClN3O2. The lowest BCUT2D eigenvalue weighted by atomic mass is 10.2. The molecule has 1 unspecified atom stereocenters. The number of likely N-dealkylation sites (tertiary alicyclic amines) is 1. The third kappa shape index (κ3) is 2.05. The highest BCUT2D eigenvalue weighted by Crippen LogP contribution is 2.20. The molecule has 0 aliphatic carbocycles. The number of imidazole rings is 1. The van der Waals surface area contributed by atoms with E-state index >= 15 is 0 Å². The number of rotatable bonds is 3. The van der Waals surface area contributed by atoms with Gasteiger partial charge in [-0.2, -0.15) is 0 Å². The molecule has 0 aromatic carbocycles. The SMILES string of the molecule is Cn1c(Cl)cnc1CN1CCCC1C(=O)O. The molecule has 2 heterocycles. The monoisotopic (exact) mass is 243 g/mol. The summed E-state index contributed by atoms with van der Waals surface area (Å²) in [4.78, 5) is 17.1. The zero-order valence-electron chi connectivity index (χ0n) is 9.06. The summed E-state index contributed by atoms with van der Waals surface area (Å²) in [6.45, 7) is 1.35. The van der Waals surface area contributed by atoms with Crippen LogP contribution < -0.4 is 0 Å². The van der Waals surface area contributed by atoms with Crippen LogP contribution in [0.1, 0.15) is 18.7 Å². The van der Waals surface area contributed by atoms with Crippen molar-refractivity contribution in [1.82, 2.24) is 14.5 Å². The Morgan fingerprint density at radius 3 is 3.06 bits per heavy atom. The number of carbonyl (C=O) groups is 1. The van der Waals surface area contributed by atoms with Gasteiger partial charge in [-0.05, 0) is 19.4 Å². The maximum Gasteiger partial charge on any atom is 0.320 e. The van der Waals surface area contributed by atoms with Crippen LogP contribution in [-0.2, 0) is 18.4 Å². The number of hydrogen-bond acceptors (Lipinski definition) is 3. The summed E-state index contributed by atoms with van der Waals surface area (Å²) < 4.78 is 1.78. The van der Waals surface area contributed by atoms with Crippen molar-refractivity contribution >= 4 is 17.6 Å². The van der Waals surface area contributed by atoms with Gasteiger partial charge in [0, 0.05) is 7.05 Å². The van der Waals surface area contributed by atoms with Gasteiger partial charge in [-0.1, -0.05) is 11.6 Å². The molecule has 0 radical (unpaired) electrons. The normalized spacial score (nSPS) is 21.5. The van der Waals surface area contributed by atoms with E-state index in [0.29, 0.717) is 18.1 Å². The maximum absolute atomic E-state index is 11.0. The molecule has 6 heteroatoms. The Morgan fingerprint density at radius 1 is 1.75 bits per heavy atom. The Bertz CT molecular complexity index is 405. The van der Waals surface area contributed by atoms with Gasteiger partial charge in [0.1, 0.15) is 17.0 Å². The number of nitrogens with zero attached hydrogens (tertiary/aromatic N) is 3. The average Bonchev–Trinajstić information content (AvgIpc) is 2.80. The van der Waals surface area contributed by atoms with E-state index in [2.05, 4.69) is 4.98 Å². The number of aliphatic carboxylic acids is 1. The van der Waals surface area contributed by atoms with Crippen molar-refractivity contribution in [2.75, 3.05) is 6.54 Å². The van der Waals surface area contributed by atoms with E-state index in [1.54, 1.807) is 10.8 Å². The molecule has 16 heavy (non-hydrogen) atoms. The average molecular weight is 244 g/mol. The van der Waals surface area contributed by atoms with Gasteiger partial charge in [-0.3, -0.25) is 9.69 Å². The van der Waals surface area contributed by atoms with Crippen molar-refractivity contribution in [3.63, 3.8) is 0 Å². The Hall–Kier alpha value is -1.07. The van der Waals surface area contributed by atoms with Crippen molar-refractivity contribution in [3.8, 4) is 0 Å².